The van der Waals surface area contributed by atoms with Crippen LogP contribution in [0.4, 0.5) is 0 Å². The van der Waals surface area contributed by atoms with Gasteiger partial charge in [-0.1, -0.05) is 24.3 Å². The molecule has 0 bridgehead atoms. The Balaban J connectivity index is 1.71. The molecule has 126 valence electrons. The van der Waals surface area contributed by atoms with Crippen LogP contribution in [0.25, 0.3) is 10.9 Å². The Morgan fingerprint density at radius 2 is 1.92 bits per heavy atom. The third kappa shape index (κ3) is 3.10. The summed E-state index contributed by atoms with van der Waals surface area (Å²) < 4.78 is 4.91. The highest BCUT2D eigenvalue weighted by molar-refractivity contribution is 5.95. The van der Waals surface area contributed by atoms with Crippen LogP contribution in [0.1, 0.15) is 30.3 Å². The van der Waals surface area contributed by atoms with E-state index in [0.29, 0.717) is 18.8 Å². The van der Waals surface area contributed by atoms with Crippen molar-refractivity contribution in [3.05, 3.63) is 42.1 Å². The van der Waals surface area contributed by atoms with Crippen molar-refractivity contribution in [2.75, 3.05) is 19.7 Å². The fourth-order valence-electron chi connectivity index (χ4n) is 2.90. The average molecular weight is 328 g/mol. The molecule has 1 amide bonds. The van der Waals surface area contributed by atoms with E-state index in [1.54, 1.807) is 17.9 Å². The molecule has 0 unspecified atom stereocenters. The van der Waals surface area contributed by atoms with Crippen LogP contribution in [-0.4, -0.2) is 52.2 Å². The number of benzene rings is 1. The first-order chi connectivity index (χ1) is 11.5. The fourth-order valence-corrected chi connectivity index (χ4v) is 2.90. The molecule has 1 aliphatic heterocycles. The quantitative estimate of drug-likeness (QED) is 0.869. The van der Waals surface area contributed by atoms with Crippen LogP contribution in [0.3, 0.4) is 0 Å². The van der Waals surface area contributed by atoms with E-state index in [9.17, 15) is 14.7 Å². The number of carbonyl (C=O) groups is 2. The number of carbonyl (C=O) groups excluding carboxylic acids is 2. The lowest BCUT2D eigenvalue weighted by molar-refractivity contribution is -0.169. The SMILES string of the molecule is CCOC(=O)C1(O)CCN(C(=O)c2ccc3ccccc3n2)CC1. The number of aliphatic hydroxyl groups is 1. The number of rotatable bonds is 3. The van der Waals surface area contributed by atoms with E-state index in [2.05, 4.69) is 4.98 Å². The number of likely N-dealkylation sites (tertiary alicyclic amines) is 1. The summed E-state index contributed by atoms with van der Waals surface area (Å²) in [4.78, 5) is 30.5. The predicted octanol–water partition coefficient (Wildman–Crippen LogP) is 1.76. The third-order valence-electron chi connectivity index (χ3n) is 4.35. The average Bonchev–Trinajstić information content (AvgIpc) is 2.61. The Morgan fingerprint density at radius 1 is 1.21 bits per heavy atom. The molecule has 2 heterocycles. The maximum absolute atomic E-state index is 12.6. The van der Waals surface area contributed by atoms with Gasteiger partial charge in [-0.3, -0.25) is 4.79 Å². The molecule has 0 spiro atoms. The van der Waals surface area contributed by atoms with Gasteiger partial charge in [0.25, 0.3) is 5.91 Å². The minimum atomic E-state index is -1.50. The smallest absolute Gasteiger partial charge is 0.338 e. The second-order valence-corrected chi connectivity index (χ2v) is 5.93. The second-order valence-electron chi connectivity index (χ2n) is 5.93. The number of nitrogens with zero attached hydrogens (tertiary/aromatic N) is 2. The van der Waals surface area contributed by atoms with Crippen LogP contribution in [0, 0.1) is 0 Å². The van der Waals surface area contributed by atoms with Gasteiger partial charge in [0.15, 0.2) is 5.60 Å². The van der Waals surface area contributed by atoms with Gasteiger partial charge in [-0.2, -0.15) is 0 Å². The van der Waals surface area contributed by atoms with Crippen molar-refractivity contribution in [2.24, 2.45) is 0 Å². The maximum Gasteiger partial charge on any atom is 0.338 e. The zero-order chi connectivity index (χ0) is 17.2. The third-order valence-corrected chi connectivity index (χ3v) is 4.35. The van der Waals surface area contributed by atoms with Gasteiger partial charge in [0.1, 0.15) is 5.69 Å². The largest absolute Gasteiger partial charge is 0.464 e. The van der Waals surface area contributed by atoms with Gasteiger partial charge >= 0.3 is 5.97 Å². The van der Waals surface area contributed by atoms with Gasteiger partial charge in [-0.25, -0.2) is 9.78 Å². The van der Waals surface area contributed by atoms with Crippen molar-refractivity contribution >= 4 is 22.8 Å². The first-order valence-electron chi connectivity index (χ1n) is 8.08. The normalized spacial score (nSPS) is 16.8. The summed E-state index contributed by atoms with van der Waals surface area (Å²) in [7, 11) is 0. The number of aromatic nitrogens is 1. The van der Waals surface area contributed by atoms with Gasteiger partial charge in [0, 0.05) is 31.3 Å². The summed E-state index contributed by atoms with van der Waals surface area (Å²) >= 11 is 0. The monoisotopic (exact) mass is 328 g/mol. The Labute approximate surface area is 140 Å². The molecule has 6 nitrogen and oxygen atoms in total. The van der Waals surface area contributed by atoms with Crippen molar-refractivity contribution in [3.63, 3.8) is 0 Å². The standard InChI is InChI=1S/C18H20N2O4/c1-2-24-17(22)18(23)9-11-20(12-10-18)16(21)15-8-7-13-5-3-4-6-14(13)19-15/h3-8,23H,2,9-12H2,1H3. The summed E-state index contributed by atoms with van der Waals surface area (Å²) in [5.41, 5.74) is -0.359. The summed E-state index contributed by atoms with van der Waals surface area (Å²) in [6, 6.07) is 11.2. The van der Waals surface area contributed by atoms with Crippen molar-refractivity contribution in [1.29, 1.82) is 0 Å². The molecule has 1 aliphatic rings. The number of amides is 1. The van der Waals surface area contributed by atoms with Gasteiger partial charge in [0.2, 0.25) is 0 Å². The van der Waals surface area contributed by atoms with E-state index in [1.165, 1.54) is 0 Å². The Morgan fingerprint density at radius 3 is 2.62 bits per heavy atom. The zero-order valence-electron chi connectivity index (χ0n) is 13.6. The molecule has 6 heteroatoms. The van der Waals surface area contributed by atoms with Crippen LogP contribution in [0.5, 0.6) is 0 Å². The molecule has 2 aromatic rings. The van der Waals surface area contributed by atoms with Crippen LogP contribution < -0.4 is 0 Å². The van der Waals surface area contributed by atoms with Crippen molar-refractivity contribution < 1.29 is 19.4 Å². The Hall–Kier alpha value is -2.47. The van der Waals surface area contributed by atoms with Gasteiger partial charge in [-0.05, 0) is 19.1 Å². The molecule has 24 heavy (non-hydrogen) atoms. The van der Waals surface area contributed by atoms with Gasteiger partial charge in [0.05, 0.1) is 12.1 Å². The first-order valence-corrected chi connectivity index (χ1v) is 8.08. The molecule has 1 aromatic carbocycles. The number of para-hydroxylation sites is 1. The highest BCUT2D eigenvalue weighted by Gasteiger charge is 2.41. The highest BCUT2D eigenvalue weighted by Crippen LogP contribution is 2.25. The van der Waals surface area contributed by atoms with Gasteiger partial charge in [-0.15, -0.1) is 0 Å². The molecule has 1 fully saturated rings. The maximum atomic E-state index is 12.6. The van der Waals surface area contributed by atoms with Crippen LogP contribution in [0.15, 0.2) is 36.4 Å². The molecule has 0 atom stereocenters. The van der Waals surface area contributed by atoms with E-state index in [-0.39, 0.29) is 25.4 Å². The van der Waals surface area contributed by atoms with Gasteiger partial charge < -0.3 is 14.7 Å². The molecule has 0 radical (unpaired) electrons. The molecular formula is C18H20N2O4. The lowest BCUT2D eigenvalue weighted by Gasteiger charge is -2.36. The highest BCUT2D eigenvalue weighted by atomic mass is 16.5. The molecule has 0 aliphatic carbocycles. The number of ether oxygens (including phenoxy) is 1. The lowest BCUT2D eigenvalue weighted by Crippen LogP contribution is -2.51. The number of hydrogen-bond acceptors (Lipinski definition) is 5. The predicted molar refractivity (Wildman–Crippen MR) is 88.5 cm³/mol. The molecule has 1 N–H and O–H groups in total. The fraction of sp³-hybridized carbons (Fsp3) is 0.389. The lowest BCUT2D eigenvalue weighted by atomic mass is 9.91. The Bertz CT molecular complexity index is 766. The first kappa shape index (κ1) is 16.4. The molecule has 1 aromatic heterocycles. The summed E-state index contributed by atoms with van der Waals surface area (Å²) in [5.74, 6) is -0.799. The van der Waals surface area contributed by atoms with E-state index in [0.717, 1.165) is 10.9 Å². The minimum Gasteiger partial charge on any atom is -0.464 e. The molecule has 3 rings (SSSR count). The van der Waals surface area contributed by atoms with Crippen molar-refractivity contribution in [3.8, 4) is 0 Å². The minimum absolute atomic E-state index is 0.172. The van der Waals surface area contributed by atoms with Crippen molar-refractivity contribution in [1.82, 2.24) is 9.88 Å². The number of piperidine rings is 1. The van der Waals surface area contributed by atoms with E-state index in [1.807, 2.05) is 30.3 Å². The van der Waals surface area contributed by atoms with Crippen LogP contribution >= 0.6 is 0 Å². The topological polar surface area (TPSA) is 79.7 Å². The van der Waals surface area contributed by atoms with E-state index < -0.39 is 11.6 Å². The number of hydrogen-bond donors (Lipinski definition) is 1. The molecule has 1 saturated heterocycles. The zero-order valence-corrected chi connectivity index (χ0v) is 13.6. The summed E-state index contributed by atoms with van der Waals surface area (Å²) in [6.45, 7) is 2.52. The summed E-state index contributed by atoms with van der Waals surface area (Å²) in [6.07, 6.45) is 0.344. The van der Waals surface area contributed by atoms with Crippen LogP contribution in [-0.2, 0) is 9.53 Å². The van der Waals surface area contributed by atoms with Crippen molar-refractivity contribution in [2.45, 2.75) is 25.4 Å². The molecular weight excluding hydrogens is 308 g/mol. The van der Waals surface area contributed by atoms with E-state index >= 15 is 0 Å². The van der Waals surface area contributed by atoms with Crippen LogP contribution in [0.2, 0.25) is 0 Å². The molecule has 0 saturated carbocycles. The van der Waals surface area contributed by atoms with E-state index in [4.69, 9.17) is 4.74 Å². The summed E-state index contributed by atoms with van der Waals surface area (Å²) in [5, 5.41) is 11.3. The number of pyridine rings is 1. The Kier molecular flexibility index (Phi) is 4.49. The number of fused-ring (bicyclic) bond motifs is 1. The second kappa shape index (κ2) is 6.57. The number of esters is 1.